The maximum absolute atomic E-state index is 5.80. The van der Waals surface area contributed by atoms with E-state index in [1.807, 2.05) is 0 Å². The molecule has 0 spiro atoms. The van der Waals surface area contributed by atoms with Crippen molar-refractivity contribution in [2.75, 3.05) is 13.2 Å². The molecule has 0 amide bonds. The molecule has 2 nitrogen and oxygen atoms in total. The van der Waals surface area contributed by atoms with Crippen LogP contribution in [0.1, 0.15) is 45.4 Å². The Bertz CT molecular complexity index is 222. The van der Waals surface area contributed by atoms with E-state index in [2.05, 4.69) is 12.2 Å². The van der Waals surface area contributed by atoms with E-state index in [0.29, 0.717) is 5.92 Å². The quantitative estimate of drug-likeness (QED) is 0.641. The lowest BCUT2D eigenvalue weighted by Crippen LogP contribution is -2.28. The van der Waals surface area contributed by atoms with Crippen LogP contribution in [0.3, 0.4) is 0 Å². The van der Waals surface area contributed by atoms with Gasteiger partial charge in [-0.2, -0.15) is 0 Å². The number of allylic oxidation sites excluding steroid dienone is 2. The van der Waals surface area contributed by atoms with Crippen LogP contribution in [0.4, 0.5) is 0 Å². The first-order valence-electron chi connectivity index (χ1n) is 5.97. The highest BCUT2D eigenvalue weighted by atomic mass is 16.5. The number of hydrogen-bond donors (Lipinski definition) is 1. The summed E-state index contributed by atoms with van der Waals surface area (Å²) in [6, 6.07) is 0. The van der Waals surface area contributed by atoms with Crippen LogP contribution in [0.15, 0.2) is 11.5 Å². The van der Waals surface area contributed by atoms with Gasteiger partial charge < -0.3 is 10.1 Å². The molecule has 1 atom stereocenters. The molecule has 80 valence electrons. The summed E-state index contributed by atoms with van der Waals surface area (Å²) < 4.78 is 5.80. The molecule has 1 unspecified atom stereocenters. The second-order valence-electron chi connectivity index (χ2n) is 4.47. The normalized spacial score (nSPS) is 29.1. The average molecular weight is 195 g/mol. The maximum atomic E-state index is 5.80. The van der Waals surface area contributed by atoms with Gasteiger partial charge in [0.1, 0.15) is 12.4 Å². The van der Waals surface area contributed by atoms with E-state index < -0.39 is 0 Å². The SMILES string of the molecule is CC1CCCCCCC2=C1OCCN2. The lowest BCUT2D eigenvalue weighted by Gasteiger charge is -2.26. The van der Waals surface area contributed by atoms with Gasteiger partial charge in [0.25, 0.3) is 0 Å². The molecule has 0 bridgehead atoms. The third kappa shape index (κ3) is 2.23. The highest BCUT2D eigenvalue weighted by molar-refractivity contribution is 5.12. The summed E-state index contributed by atoms with van der Waals surface area (Å²) in [6.07, 6.45) is 7.94. The van der Waals surface area contributed by atoms with Gasteiger partial charge in [0.2, 0.25) is 0 Å². The fourth-order valence-corrected chi connectivity index (χ4v) is 2.43. The van der Waals surface area contributed by atoms with Crippen LogP contribution in [0.25, 0.3) is 0 Å². The van der Waals surface area contributed by atoms with E-state index in [-0.39, 0.29) is 0 Å². The van der Waals surface area contributed by atoms with Gasteiger partial charge in [0.05, 0.1) is 0 Å². The smallest absolute Gasteiger partial charge is 0.118 e. The number of hydrogen-bond acceptors (Lipinski definition) is 2. The van der Waals surface area contributed by atoms with Crippen molar-refractivity contribution in [3.63, 3.8) is 0 Å². The standard InChI is InChI=1S/C12H21NO/c1-10-6-4-2-3-5-7-11-12(10)14-9-8-13-11/h10,13H,2-9H2,1H3. The Morgan fingerprint density at radius 1 is 1.21 bits per heavy atom. The molecule has 0 aromatic rings. The average Bonchev–Trinajstić information content (AvgIpc) is 2.30. The zero-order valence-corrected chi connectivity index (χ0v) is 9.14. The Hall–Kier alpha value is -0.660. The molecule has 14 heavy (non-hydrogen) atoms. The lowest BCUT2D eigenvalue weighted by molar-refractivity contribution is 0.156. The van der Waals surface area contributed by atoms with E-state index in [4.69, 9.17) is 4.74 Å². The van der Waals surface area contributed by atoms with Crippen molar-refractivity contribution in [3.8, 4) is 0 Å². The summed E-state index contributed by atoms with van der Waals surface area (Å²) in [5.74, 6) is 1.88. The van der Waals surface area contributed by atoms with Crippen molar-refractivity contribution in [1.82, 2.24) is 5.32 Å². The highest BCUT2D eigenvalue weighted by Crippen LogP contribution is 2.28. The molecule has 0 aromatic carbocycles. The molecular formula is C12H21NO. The highest BCUT2D eigenvalue weighted by Gasteiger charge is 2.20. The lowest BCUT2D eigenvalue weighted by atomic mass is 10.0. The fourth-order valence-electron chi connectivity index (χ4n) is 2.43. The Labute approximate surface area is 86.7 Å². The van der Waals surface area contributed by atoms with Crippen LogP contribution in [0.2, 0.25) is 0 Å². The van der Waals surface area contributed by atoms with E-state index in [1.165, 1.54) is 50.0 Å². The molecular weight excluding hydrogens is 174 g/mol. The van der Waals surface area contributed by atoms with Crippen molar-refractivity contribution in [2.45, 2.75) is 45.4 Å². The molecule has 0 saturated carbocycles. The van der Waals surface area contributed by atoms with Gasteiger partial charge in [-0.05, 0) is 19.3 Å². The van der Waals surface area contributed by atoms with Crippen LogP contribution in [0.5, 0.6) is 0 Å². The minimum absolute atomic E-state index is 0.621. The predicted molar refractivity (Wildman–Crippen MR) is 57.8 cm³/mol. The van der Waals surface area contributed by atoms with E-state index >= 15 is 0 Å². The molecule has 0 saturated heterocycles. The molecule has 0 fully saturated rings. The molecule has 1 aliphatic carbocycles. The zero-order chi connectivity index (χ0) is 9.80. The summed E-state index contributed by atoms with van der Waals surface area (Å²) >= 11 is 0. The minimum Gasteiger partial charge on any atom is -0.494 e. The summed E-state index contributed by atoms with van der Waals surface area (Å²) in [5, 5.41) is 3.50. The molecule has 2 rings (SSSR count). The minimum atomic E-state index is 0.621. The van der Waals surface area contributed by atoms with Crippen LogP contribution < -0.4 is 5.32 Å². The topological polar surface area (TPSA) is 21.3 Å². The molecule has 1 N–H and O–H groups in total. The largest absolute Gasteiger partial charge is 0.494 e. The van der Waals surface area contributed by atoms with Crippen LogP contribution in [-0.2, 0) is 4.74 Å². The van der Waals surface area contributed by atoms with E-state index in [1.54, 1.807) is 0 Å². The Morgan fingerprint density at radius 2 is 2.07 bits per heavy atom. The van der Waals surface area contributed by atoms with Crippen LogP contribution in [-0.4, -0.2) is 13.2 Å². The Morgan fingerprint density at radius 3 is 3.00 bits per heavy atom. The van der Waals surface area contributed by atoms with Gasteiger partial charge in [0, 0.05) is 18.2 Å². The summed E-state index contributed by atoms with van der Waals surface area (Å²) in [5.41, 5.74) is 1.39. The van der Waals surface area contributed by atoms with Crippen molar-refractivity contribution >= 4 is 0 Å². The third-order valence-electron chi connectivity index (χ3n) is 3.26. The van der Waals surface area contributed by atoms with Gasteiger partial charge in [-0.3, -0.25) is 0 Å². The van der Waals surface area contributed by atoms with Crippen molar-refractivity contribution in [2.24, 2.45) is 5.92 Å². The molecule has 1 aliphatic heterocycles. The number of ether oxygens (including phenoxy) is 1. The first kappa shape index (κ1) is 9.88. The second kappa shape index (κ2) is 4.72. The Balaban J connectivity index is 2.12. The molecule has 2 aliphatic rings. The van der Waals surface area contributed by atoms with Gasteiger partial charge in [-0.25, -0.2) is 0 Å². The monoisotopic (exact) mass is 195 g/mol. The van der Waals surface area contributed by atoms with Gasteiger partial charge in [-0.15, -0.1) is 0 Å². The molecule has 1 heterocycles. The number of nitrogens with one attached hydrogen (secondary N) is 1. The predicted octanol–water partition coefficient (Wildman–Crippen LogP) is 2.81. The van der Waals surface area contributed by atoms with Gasteiger partial charge in [-0.1, -0.05) is 26.2 Å². The summed E-state index contributed by atoms with van der Waals surface area (Å²) in [7, 11) is 0. The number of rotatable bonds is 0. The van der Waals surface area contributed by atoms with Crippen molar-refractivity contribution in [3.05, 3.63) is 11.5 Å². The summed E-state index contributed by atoms with van der Waals surface area (Å²) in [4.78, 5) is 0. The maximum Gasteiger partial charge on any atom is 0.118 e. The second-order valence-corrected chi connectivity index (χ2v) is 4.47. The van der Waals surface area contributed by atoms with Gasteiger partial charge in [0.15, 0.2) is 0 Å². The van der Waals surface area contributed by atoms with Crippen LogP contribution in [0, 0.1) is 5.92 Å². The Kier molecular flexibility index (Phi) is 3.33. The van der Waals surface area contributed by atoms with E-state index in [0.717, 1.165) is 13.2 Å². The fraction of sp³-hybridized carbons (Fsp3) is 0.833. The van der Waals surface area contributed by atoms with E-state index in [9.17, 15) is 0 Å². The van der Waals surface area contributed by atoms with Gasteiger partial charge >= 0.3 is 0 Å². The third-order valence-corrected chi connectivity index (χ3v) is 3.26. The first-order chi connectivity index (χ1) is 6.88. The summed E-state index contributed by atoms with van der Waals surface area (Å²) in [6.45, 7) is 4.14. The zero-order valence-electron chi connectivity index (χ0n) is 9.14. The van der Waals surface area contributed by atoms with Crippen molar-refractivity contribution < 1.29 is 4.74 Å². The molecule has 0 aromatic heterocycles. The molecule has 0 radical (unpaired) electrons. The van der Waals surface area contributed by atoms with Crippen LogP contribution >= 0.6 is 0 Å². The molecule has 2 heteroatoms. The first-order valence-corrected chi connectivity index (χ1v) is 5.97. The van der Waals surface area contributed by atoms with Crippen molar-refractivity contribution in [1.29, 1.82) is 0 Å².